The minimum atomic E-state index is -3.96. The summed E-state index contributed by atoms with van der Waals surface area (Å²) in [6, 6.07) is 5.71. The van der Waals surface area contributed by atoms with Gasteiger partial charge in [-0.3, -0.25) is 19.8 Å². The van der Waals surface area contributed by atoms with E-state index in [1.165, 1.54) is 26.8 Å². The van der Waals surface area contributed by atoms with Crippen molar-refractivity contribution in [2.75, 3.05) is 24.5 Å². The fourth-order valence-corrected chi connectivity index (χ4v) is 8.71. The third kappa shape index (κ3) is 7.46. The first-order chi connectivity index (χ1) is 21.6. The van der Waals surface area contributed by atoms with Gasteiger partial charge >= 0.3 is 5.97 Å². The van der Waals surface area contributed by atoms with Gasteiger partial charge in [-0.05, 0) is 49.3 Å². The molecule has 1 aromatic carbocycles. The summed E-state index contributed by atoms with van der Waals surface area (Å²) in [7, 11) is -3.96. The molecule has 0 radical (unpaired) electrons. The molecule has 2 aromatic rings. The second-order valence-electron chi connectivity index (χ2n) is 11.5. The highest BCUT2D eigenvalue weighted by molar-refractivity contribution is 7.93. The monoisotopic (exact) mass is 656 g/mol. The van der Waals surface area contributed by atoms with Gasteiger partial charge < -0.3 is 15.3 Å². The number of nitrogens with one attached hydrogen (secondary N) is 3. The number of rotatable bonds is 10. The van der Waals surface area contributed by atoms with E-state index >= 15 is 0 Å². The number of carboxylic acid groups (broad SMARTS) is 1. The van der Waals surface area contributed by atoms with Crippen LogP contribution in [0.5, 0.6) is 0 Å². The van der Waals surface area contributed by atoms with Gasteiger partial charge in [-0.15, -0.1) is 11.3 Å². The van der Waals surface area contributed by atoms with Crippen molar-refractivity contribution in [3.05, 3.63) is 68.6 Å². The number of hydrogen-bond acceptors (Lipinski definition) is 9. The summed E-state index contributed by atoms with van der Waals surface area (Å²) in [5.74, 6) is -2.01. The quantitative estimate of drug-likeness (QED) is 0.301. The number of nitrogens with zero attached hydrogens (tertiary/aromatic N) is 3. The average Bonchev–Trinajstić information content (AvgIpc) is 3.18. The number of sulfonamides is 1. The van der Waals surface area contributed by atoms with E-state index in [2.05, 4.69) is 35.0 Å². The molecule has 3 aliphatic rings. The first kappa shape index (κ1) is 32.8. The largest absolute Gasteiger partial charge is 0.480 e. The summed E-state index contributed by atoms with van der Waals surface area (Å²) >= 11 is 1.18. The number of aryl methyl sites for hydroxylation is 1. The van der Waals surface area contributed by atoms with E-state index < -0.39 is 34.0 Å². The van der Waals surface area contributed by atoms with Gasteiger partial charge in [-0.2, -0.15) is 4.31 Å². The minimum Gasteiger partial charge on any atom is -0.480 e. The average molecular weight is 657 g/mol. The highest BCUT2D eigenvalue weighted by Gasteiger charge is 2.42. The van der Waals surface area contributed by atoms with Crippen LogP contribution in [0.1, 0.15) is 73.7 Å². The van der Waals surface area contributed by atoms with Gasteiger partial charge in [-0.25, -0.2) is 18.8 Å². The lowest BCUT2D eigenvalue weighted by molar-refractivity contribution is -0.140. The van der Waals surface area contributed by atoms with Gasteiger partial charge in [0.15, 0.2) is 11.2 Å². The highest BCUT2D eigenvalue weighted by Crippen LogP contribution is 2.34. The summed E-state index contributed by atoms with van der Waals surface area (Å²) in [6.45, 7) is 4.72. The normalized spacial score (nSPS) is 21.1. The predicted octanol–water partition coefficient (Wildman–Crippen LogP) is 2.94. The number of piperazine rings is 1. The van der Waals surface area contributed by atoms with Crippen LogP contribution in [0.15, 0.2) is 46.9 Å². The maximum atomic E-state index is 14.1. The fourth-order valence-electron chi connectivity index (χ4n) is 5.82. The molecule has 45 heavy (non-hydrogen) atoms. The molecule has 14 heteroatoms. The number of aliphatic carboxylic acids is 1. The van der Waals surface area contributed by atoms with Gasteiger partial charge in [-0.1, -0.05) is 56.2 Å². The first-order valence-electron chi connectivity index (χ1n) is 15.4. The molecule has 0 spiro atoms. The van der Waals surface area contributed by atoms with Crippen molar-refractivity contribution < 1.29 is 27.9 Å². The Kier molecular flexibility index (Phi) is 10.4. The van der Waals surface area contributed by atoms with Crippen molar-refractivity contribution in [2.24, 2.45) is 0 Å². The number of carbonyl (C=O) groups excluding carboxylic acids is 2. The molecule has 1 unspecified atom stereocenters. The van der Waals surface area contributed by atoms with Crippen LogP contribution in [-0.2, 0) is 43.8 Å². The van der Waals surface area contributed by atoms with Crippen LogP contribution in [0.25, 0.3) is 0 Å². The first-order valence-corrected chi connectivity index (χ1v) is 17.6. The topological polar surface area (TPSA) is 161 Å². The third-order valence-corrected chi connectivity index (χ3v) is 11.6. The Balaban J connectivity index is 1.42. The number of anilines is 1. The zero-order valence-corrected chi connectivity index (χ0v) is 27.2. The Morgan fingerprint density at radius 2 is 1.87 bits per heavy atom. The predicted molar refractivity (Wildman–Crippen MR) is 172 cm³/mol. The molecule has 4 N–H and O–H groups in total. The maximum absolute atomic E-state index is 14.1. The van der Waals surface area contributed by atoms with Crippen LogP contribution in [0, 0.1) is 0 Å². The molecular formula is C31H40N6O6S2. The SMILES string of the molecule is CCCc1ccc(CNC(=O)[C@H]2CN(c3nc4c(s3)CC(=O)NNC4C(=O)O)CCN2S(=O)(=O)C2=CC=C(CC)CCC2)cc1. The molecule has 12 nitrogen and oxygen atoms in total. The lowest BCUT2D eigenvalue weighted by Crippen LogP contribution is -2.60. The number of hydrogen-bond donors (Lipinski definition) is 4. The summed E-state index contributed by atoms with van der Waals surface area (Å²) in [5, 5.41) is 13.1. The summed E-state index contributed by atoms with van der Waals surface area (Å²) in [4.78, 5) is 45.1. The molecule has 0 saturated carbocycles. The van der Waals surface area contributed by atoms with Crippen LogP contribution in [-0.4, -0.2) is 66.3 Å². The molecule has 2 atom stereocenters. The van der Waals surface area contributed by atoms with Crippen molar-refractivity contribution >= 4 is 44.3 Å². The standard InChI is InChI=1S/C31H40N6O6S2/c1-3-6-21-9-11-22(12-10-21)18-32-29(39)24-19-36(31-33-27-25(44-31)17-26(38)34-35-28(27)30(40)41)15-16-37(24)45(42,43)23-8-5-7-20(4-2)13-14-23/h9-14,24,28,35H,3-8,15-19H2,1-2H3,(H,32,39)(H,34,38)(H,40,41)/t24-,28?/m1/s1. The van der Waals surface area contributed by atoms with Crippen molar-refractivity contribution in [2.45, 2.75) is 77.4 Å². The van der Waals surface area contributed by atoms with Crippen LogP contribution in [0.4, 0.5) is 5.13 Å². The number of benzene rings is 1. The molecule has 5 rings (SSSR count). The molecule has 1 saturated heterocycles. The molecule has 2 amide bonds. The van der Waals surface area contributed by atoms with Crippen LogP contribution < -0.4 is 21.1 Å². The van der Waals surface area contributed by atoms with Crippen LogP contribution >= 0.6 is 11.3 Å². The number of aromatic nitrogens is 1. The molecule has 1 aromatic heterocycles. The third-order valence-electron chi connectivity index (χ3n) is 8.37. The Morgan fingerprint density at radius 1 is 1.11 bits per heavy atom. The Hall–Kier alpha value is -3.59. The number of allylic oxidation sites excluding steroid dienone is 4. The lowest BCUT2D eigenvalue weighted by Gasteiger charge is -2.40. The molecule has 0 bridgehead atoms. The smallest absolute Gasteiger partial charge is 0.328 e. The number of carbonyl (C=O) groups is 3. The molecule has 1 fully saturated rings. The number of carboxylic acids is 1. The zero-order chi connectivity index (χ0) is 32.1. The van der Waals surface area contributed by atoms with Crippen molar-refractivity contribution in [3.63, 3.8) is 0 Å². The number of fused-ring (bicyclic) bond motifs is 1. The van der Waals surface area contributed by atoms with E-state index in [0.29, 0.717) is 27.8 Å². The molecule has 1 aliphatic carbocycles. The number of hydrazine groups is 1. The second kappa shape index (κ2) is 14.2. The summed E-state index contributed by atoms with van der Waals surface area (Å²) in [6.07, 6.45) is 8.33. The van der Waals surface area contributed by atoms with E-state index in [-0.39, 0.29) is 44.2 Å². The van der Waals surface area contributed by atoms with E-state index in [9.17, 15) is 27.9 Å². The van der Waals surface area contributed by atoms with Crippen molar-refractivity contribution in [1.82, 2.24) is 25.5 Å². The van der Waals surface area contributed by atoms with Gasteiger partial charge in [0.05, 0.1) is 17.0 Å². The second-order valence-corrected chi connectivity index (χ2v) is 14.5. The van der Waals surface area contributed by atoms with Crippen molar-refractivity contribution in [3.8, 4) is 0 Å². The Bertz CT molecular complexity index is 1600. The molecule has 242 valence electrons. The Labute approximate surface area is 267 Å². The van der Waals surface area contributed by atoms with E-state index in [0.717, 1.165) is 31.2 Å². The van der Waals surface area contributed by atoms with Gasteiger partial charge in [0.25, 0.3) is 0 Å². The van der Waals surface area contributed by atoms with E-state index in [1.54, 1.807) is 6.08 Å². The van der Waals surface area contributed by atoms with Crippen LogP contribution in [0.3, 0.4) is 0 Å². The zero-order valence-electron chi connectivity index (χ0n) is 25.5. The summed E-state index contributed by atoms with van der Waals surface area (Å²) in [5.41, 5.74) is 8.43. The molecule has 3 heterocycles. The molecule has 2 aliphatic heterocycles. The van der Waals surface area contributed by atoms with Crippen molar-refractivity contribution in [1.29, 1.82) is 0 Å². The number of amides is 2. The lowest BCUT2D eigenvalue weighted by atomic mass is 10.1. The highest BCUT2D eigenvalue weighted by atomic mass is 32.2. The fraction of sp³-hybridized carbons (Fsp3) is 0.484. The molecular weight excluding hydrogens is 617 g/mol. The van der Waals surface area contributed by atoms with Gasteiger partial charge in [0.2, 0.25) is 21.8 Å². The summed E-state index contributed by atoms with van der Waals surface area (Å²) < 4.78 is 29.4. The maximum Gasteiger partial charge on any atom is 0.328 e. The minimum absolute atomic E-state index is 0.0214. The van der Waals surface area contributed by atoms with Crippen LogP contribution in [0.2, 0.25) is 0 Å². The van der Waals surface area contributed by atoms with E-state index in [1.807, 2.05) is 35.2 Å². The van der Waals surface area contributed by atoms with Gasteiger partial charge in [0.1, 0.15) is 6.04 Å². The number of thiazole rings is 1. The van der Waals surface area contributed by atoms with E-state index in [4.69, 9.17) is 0 Å². The Morgan fingerprint density at radius 3 is 2.58 bits per heavy atom. The van der Waals surface area contributed by atoms with Gasteiger partial charge in [0, 0.05) is 31.1 Å².